The van der Waals surface area contributed by atoms with Crippen molar-refractivity contribution in [3.63, 3.8) is 0 Å². The van der Waals surface area contributed by atoms with Crippen LogP contribution < -0.4 is 5.73 Å². The number of β-amino-alcohol motifs (C(OH)–C–C–N with tert-alkyl or cyclic N) is 1. The number of piperazine rings is 1. The fourth-order valence-electron chi connectivity index (χ4n) is 1.91. The van der Waals surface area contributed by atoms with Crippen LogP contribution in [0.15, 0.2) is 5.16 Å². The van der Waals surface area contributed by atoms with Gasteiger partial charge in [0.25, 0.3) is 0 Å². The Hall–Kier alpha value is -0.850. The number of nitrogens with two attached hydrogens (primary N) is 1. The molecule has 1 aliphatic heterocycles. The van der Waals surface area contributed by atoms with Gasteiger partial charge in [-0.25, -0.2) is 0 Å². The molecule has 1 saturated heterocycles. The van der Waals surface area contributed by atoms with E-state index in [-0.39, 0.29) is 6.61 Å². The van der Waals surface area contributed by atoms with Crippen molar-refractivity contribution in [2.75, 3.05) is 45.9 Å². The highest BCUT2D eigenvalue weighted by atomic mass is 16.4. The van der Waals surface area contributed by atoms with Crippen LogP contribution in [0.5, 0.6) is 0 Å². The van der Waals surface area contributed by atoms with Crippen LogP contribution in [0.4, 0.5) is 0 Å². The van der Waals surface area contributed by atoms with Crippen LogP contribution in [-0.2, 0) is 0 Å². The van der Waals surface area contributed by atoms with Gasteiger partial charge >= 0.3 is 0 Å². The Labute approximate surface area is 96.3 Å². The van der Waals surface area contributed by atoms with Crippen molar-refractivity contribution in [3.05, 3.63) is 0 Å². The van der Waals surface area contributed by atoms with Crippen molar-refractivity contribution in [2.45, 2.75) is 12.8 Å². The van der Waals surface area contributed by atoms with Crippen molar-refractivity contribution in [1.82, 2.24) is 9.80 Å². The molecule has 0 spiro atoms. The lowest BCUT2D eigenvalue weighted by Crippen LogP contribution is -2.47. The van der Waals surface area contributed by atoms with Gasteiger partial charge in [-0.05, 0) is 13.0 Å². The third-order valence-electron chi connectivity index (χ3n) is 2.92. The van der Waals surface area contributed by atoms with Crippen LogP contribution in [0.25, 0.3) is 0 Å². The molecule has 0 aromatic carbocycles. The second kappa shape index (κ2) is 7.43. The summed E-state index contributed by atoms with van der Waals surface area (Å²) in [6.07, 6.45) is 1.57. The average Bonchev–Trinajstić information content (AvgIpc) is 2.31. The van der Waals surface area contributed by atoms with E-state index in [1.54, 1.807) is 0 Å². The SMILES string of the molecule is N/C(CCCN1CCN(CCO)CC1)=N\O. The summed E-state index contributed by atoms with van der Waals surface area (Å²) in [5, 5.41) is 20.1. The minimum Gasteiger partial charge on any atom is -0.409 e. The monoisotopic (exact) mass is 230 g/mol. The molecule has 1 fully saturated rings. The lowest BCUT2D eigenvalue weighted by Gasteiger charge is -2.34. The number of nitrogens with zero attached hydrogens (tertiary/aromatic N) is 3. The van der Waals surface area contributed by atoms with Gasteiger partial charge in [-0.1, -0.05) is 5.16 Å². The molecule has 0 radical (unpaired) electrons. The third kappa shape index (κ3) is 4.78. The smallest absolute Gasteiger partial charge is 0.139 e. The molecule has 6 heteroatoms. The maximum Gasteiger partial charge on any atom is 0.139 e. The Morgan fingerprint density at radius 1 is 1.12 bits per heavy atom. The first-order chi connectivity index (χ1) is 7.76. The van der Waals surface area contributed by atoms with Gasteiger partial charge in [0.05, 0.1) is 6.61 Å². The molecule has 0 aromatic heterocycles. The van der Waals surface area contributed by atoms with Gasteiger partial charge < -0.3 is 20.9 Å². The highest BCUT2D eigenvalue weighted by Gasteiger charge is 2.15. The van der Waals surface area contributed by atoms with Crippen molar-refractivity contribution in [1.29, 1.82) is 0 Å². The van der Waals surface area contributed by atoms with Crippen LogP contribution in [0, 0.1) is 0 Å². The second-order valence-electron chi connectivity index (χ2n) is 4.10. The summed E-state index contributed by atoms with van der Waals surface area (Å²) in [5.74, 6) is 0.305. The second-order valence-corrected chi connectivity index (χ2v) is 4.10. The van der Waals surface area contributed by atoms with E-state index in [0.29, 0.717) is 12.3 Å². The molecule has 94 valence electrons. The molecule has 0 saturated carbocycles. The van der Waals surface area contributed by atoms with Gasteiger partial charge in [0, 0.05) is 39.1 Å². The lowest BCUT2D eigenvalue weighted by atomic mass is 10.2. The minimum atomic E-state index is 0.240. The fraction of sp³-hybridized carbons (Fsp3) is 0.900. The number of aliphatic hydroxyl groups is 1. The van der Waals surface area contributed by atoms with Crippen molar-refractivity contribution >= 4 is 5.84 Å². The zero-order valence-electron chi connectivity index (χ0n) is 9.68. The van der Waals surface area contributed by atoms with Gasteiger partial charge in [0.2, 0.25) is 0 Å². The van der Waals surface area contributed by atoms with E-state index in [9.17, 15) is 0 Å². The molecule has 0 atom stereocenters. The molecule has 6 nitrogen and oxygen atoms in total. The van der Waals surface area contributed by atoms with Gasteiger partial charge in [0.15, 0.2) is 0 Å². The first kappa shape index (κ1) is 13.2. The van der Waals surface area contributed by atoms with E-state index in [2.05, 4.69) is 15.0 Å². The molecule has 4 N–H and O–H groups in total. The minimum absolute atomic E-state index is 0.240. The number of rotatable bonds is 6. The maximum atomic E-state index is 8.81. The third-order valence-corrected chi connectivity index (χ3v) is 2.92. The summed E-state index contributed by atoms with van der Waals surface area (Å²) in [4.78, 5) is 4.64. The molecule has 1 rings (SSSR count). The molecule has 0 aliphatic carbocycles. The summed E-state index contributed by atoms with van der Waals surface area (Å²) >= 11 is 0. The molecule has 0 amide bonds. The summed E-state index contributed by atoms with van der Waals surface area (Å²) in [7, 11) is 0. The predicted molar refractivity (Wildman–Crippen MR) is 62.6 cm³/mol. The topological polar surface area (TPSA) is 85.3 Å². The summed E-state index contributed by atoms with van der Waals surface area (Å²) in [6, 6.07) is 0. The standard InChI is InChI=1S/C10H22N4O2/c11-10(12-16)2-1-3-13-4-6-14(7-5-13)8-9-15/h15-16H,1-9H2,(H2,11,12). The number of oxime groups is 1. The molecular weight excluding hydrogens is 208 g/mol. The van der Waals surface area contributed by atoms with Gasteiger partial charge in [-0.2, -0.15) is 0 Å². The van der Waals surface area contributed by atoms with E-state index >= 15 is 0 Å². The number of hydrogen-bond acceptors (Lipinski definition) is 5. The summed E-state index contributed by atoms with van der Waals surface area (Å²) in [6.45, 7) is 6.12. The van der Waals surface area contributed by atoms with Crippen molar-refractivity contribution < 1.29 is 10.3 Å². The van der Waals surface area contributed by atoms with Crippen LogP contribution in [0.2, 0.25) is 0 Å². The highest BCUT2D eigenvalue weighted by molar-refractivity contribution is 5.79. The summed E-state index contributed by atoms with van der Waals surface area (Å²) in [5.41, 5.74) is 5.40. The predicted octanol–water partition coefficient (Wildman–Crippen LogP) is -0.877. The van der Waals surface area contributed by atoms with E-state index in [4.69, 9.17) is 16.0 Å². The highest BCUT2D eigenvalue weighted by Crippen LogP contribution is 2.03. The fourth-order valence-corrected chi connectivity index (χ4v) is 1.91. The van der Waals surface area contributed by atoms with Gasteiger partial charge in [-0.15, -0.1) is 0 Å². The van der Waals surface area contributed by atoms with E-state index in [0.717, 1.165) is 45.7 Å². The molecule has 0 unspecified atom stereocenters. The number of amidine groups is 1. The van der Waals surface area contributed by atoms with Gasteiger partial charge in [0.1, 0.15) is 5.84 Å². The quantitative estimate of drug-likeness (QED) is 0.239. The zero-order chi connectivity index (χ0) is 11.8. The molecule has 1 heterocycles. The first-order valence-corrected chi connectivity index (χ1v) is 5.78. The first-order valence-electron chi connectivity index (χ1n) is 5.78. The zero-order valence-corrected chi connectivity index (χ0v) is 9.68. The summed E-state index contributed by atoms with van der Waals surface area (Å²) < 4.78 is 0. The molecule has 0 aromatic rings. The van der Waals surface area contributed by atoms with Crippen LogP contribution in [0.1, 0.15) is 12.8 Å². The molecular formula is C10H22N4O2. The number of hydrogen-bond donors (Lipinski definition) is 3. The van der Waals surface area contributed by atoms with Crippen molar-refractivity contribution in [3.8, 4) is 0 Å². The Kier molecular flexibility index (Phi) is 6.14. The largest absolute Gasteiger partial charge is 0.409 e. The normalized spacial score (nSPS) is 20.2. The Bertz CT molecular complexity index is 215. The number of aliphatic hydroxyl groups excluding tert-OH is 1. The van der Waals surface area contributed by atoms with E-state index in [1.165, 1.54) is 0 Å². The Morgan fingerprint density at radius 3 is 2.19 bits per heavy atom. The maximum absolute atomic E-state index is 8.81. The lowest BCUT2D eigenvalue weighted by molar-refractivity contribution is 0.112. The van der Waals surface area contributed by atoms with Crippen LogP contribution in [-0.4, -0.2) is 71.8 Å². The Balaban J connectivity index is 2.08. The van der Waals surface area contributed by atoms with Gasteiger partial charge in [-0.3, -0.25) is 4.90 Å². The van der Waals surface area contributed by atoms with Crippen LogP contribution in [0.3, 0.4) is 0 Å². The van der Waals surface area contributed by atoms with E-state index in [1.807, 2.05) is 0 Å². The molecule has 16 heavy (non-hydrogen) atoms. The van der Waals surface area contributed by atoms with E-state index < -0.39 is 0 Å². The van der Waals surface area contributed by atoms with Crippen LogP contribution >= 0.6 is 0 Å². The average molecular weight is 230 g/mol. The molecule has 1 aliphatic rings. The Morgan fingerprint density at radius 2 is 1.69 bits per heavy atom. The van der Waals surface area contributed by atoms with Crippen molar-refractivity contribution in [2.24, 2.45) is 10.9 Å². The molecule has 0 bridgehead atoms.